The molecule has 1 aromatic rings. The summed E-state index contributed by atoms with van der Waals surface area (Å²) < 4.78 is 43.8. The summed E-state index contributed by atoms with van der Waals surface area (Å²) in [7, 11) is -2.32. The Morgan fingerprint density at radius 3 is 2.68 bits per heavy atom. The van der Waals surface area contributed by atoms with E-state index in [0.29, 0.717) is 19.5 Å². The van der Waals surface area contributed by atoms with Gasteiger partial charge in [0.15, 0.2) is 11.6 Å². The zero-order chi connectivity index (χ0) is 13.3. The molecule has 8 heteroatoms. The number of sulfonamides is 1. The molecule has 108 valence electrons. The van der Waals surface area contributed by atoms with Gasteiger partial charge in [0.1, 0.15) is 0 Å². The number of hydrogen-bond donors (Lipinski definition) is 1. The second-order valence-corrected chi connectivity index (χ2v) is 6.15. The molecular weight excluding hydrogens is 295 g/mol. The van der Waals surface area contributed by atoms with E-state index >= 15 is 0 Å². The number of nitrogens with zero attached hydrogens (tertiary/aromatic N) is 1. The molecule has 19 heavy (non-hydrogen) atoms. The number of ether oxygens (including phenoxy) is 1. The third-order valence-corrected chi connectivity index (χ3v) is 4.81. The van der Waals surface area contributed by atoms with E-state index in [0.717, 1.165) is 6.07 Å². The van der Waals surface area contributed by atoms with Crippen molar-refractivity contribution in [2.24, 2.45) is 5.73 Å². The third kappa shape index (κ3) is 3.17. The summed E-state index contributed by atoms with van der Waals surface area (Å²) in [6, 6.07) is 3.37. The molecule has 0 amide bonds. The molecule has 0 saturated carbocycles. The molecule has 0 unspecified atom stereocenters. The monoisotopic (exact) mass is 310 g/mol. The SMILES string of the molecule is COc1cc(S(=O)(=O)N2CC[C@@H](N)C2)ccc1F.Cl. The summed E-state index contributed by atoms with van der Waals surface area (Å²) in [5, 5.41) is 0. The van der Waals surface area contributed by atoms with Crippen LogP contribution in [-0.2, 0) is 10.0 Å². The van der Waals surface area contributed by atoms with Gasteiger partial charge in [0.2, 0.25) is 10.0 Å². The van der Waals surface area contributed by atoms with Crippen molar-refractivity contribution in [1.29, 1.82) is 0 Å². The maximum absolute atomic E-state index is 13.2. The summed E-state index contributed by atoms with van der Waals surface area (Å²) in [4.78, 5) is 0.0230. The summed E-state index contributed by atoms with van der Waals surface area (Å²) in [6.07, 6.45) is 0.636. The zero-order valence-corrected chi connectivity index (χ0v) is 12.0. The molecule has 0 bridgehead atoms. The zero-order valence-electron chi connectivity index (χ0n) is 10.4. The van der Waals surface area contributed by atoms with E-state index in [9.17, 15) is 12.8 Å². The number of methoxy groups -OCH3 is 1. The van der Waals surface area contributed by atoms with Crippen molar-refractivity contribution in [1.82, 2.24) is 4.31 Å². The first-order chi connectivity index (χ1) is 8.45. The Hall–Kier alpha value is -0.890. The molecule has 0 spiro atoms. The molecule has 1 fully saturated rings. The Labute approximate surface area is 118 Å². The van der Waals surface area contributed by atoms with E-state index in [-0.39, 0.29) is 29.1 Å². The van der Waals surface area contributed by atoms with Crippen molar-refractivity contribution in [2.75, 3.05) is 20.2 Å². The van der Waals surface area contributed by atoms with E-state index in [1.165, 1.54) is 23.5 Å². The van der Waals surface area contributed by atoms with Gasteiger partial charge >= 0.3 is 0 Å². The molecule has 0 aromatic heterocycles. The predicted octanol–water partition coefficient (Wildman–Crippen LogP) is 0.978. The van der Waals surface area contributed by atoms with Crippen LogP contribution in [0.25, 0.3) is 0 Å². The molecule has 5 nitrogen and oxygen atoms in total. The largest absolute Gasteiger partial charge is 0.494 e. The van der Waals surface area contributed by atoms with Crippen molar-refractivity contribution in [2.45, 2.75) is 17.4 Å². The van der Waals surface area contributed by atoms with Crippen molar-refractivity contribution in [3.05, 3.63) is 24.0 Å². The topological polar surface area (TPSA) is 72.6 Å². The standard InChI is InChI=1S/C11H15FN2O3S.ClH/c1-17-11-6-9(2-3-10(11)12)18(15,16)14-5-4-8(13)7-14;/h2-3,6,8H,4-5,7,13H2,1H3;1H/t8-;/m1./s1. The maximum Gasteiger partial charge on any atom is 0.243 e. The van der Waals surface area contributed by atoms with Crippen LogP contribution in [0.15, 0.2) is 23.1 Å². The van der Waals surface area contributed by atoms with E-state index in [1.54, 1.807) is 0 Å². The minimum atomic E-state index is -3.61. The average Bonchev–Trinajstić information content (AvgIpc) is 2.77. The molecule has 1 atom stereocenters. The lowest BCUT2D eigenvalue weighted by atomic mass is 10.3. The normalized spacial score (nSPS) is 20.1. The van der Waals surface area contributed by atoms with E-state index in [4.69, 9.17) is 10.5 Å². The smallest absolute Gasteiger partial charge is 0.243 e. The van der Waals surface area contributed by atoms with Gasteiger partial charge < -0.3 is 10.5 Å². The predicted molar refractivity (Wildman–Crippen MR) is 71.6 cm³/mol. The number of rotatable bonds is 3. The van der Waals surface area contributed by atoms with Gasteiger partial charge in [-0.1, -0.05) is 0 Å². The van der Waals surface area contributed by atoms with Crippen LogP contribution >= 0.6 is 12.4 Å². The highest BCUT2D eigenvalue weighted by molar-refractivity contribution is 7.89. The quantitative estimate of drug-likeness (QED) is 0.903. The number of halogens is 2. The summed E-state index contributed by atoms with van der Waals surface area (Å²) in [5.74, 6) is -0.672. The van der Waals surface area contributed by atoms with Gasteiger partial charge in [0, 0.05) is 25.2 Å². The van der Waals surface area contributed by atoms with Gasteiger partial charge in [0.05, 0.1) is 12.0 Å². The van der Waals surface area contributed by atoms with Gasteiger partial charge in [-0.2, -0.15) is 4.31 Å². The molecule has 2 rings (SSSR count). The van der Waals surface area contributed by atoms with Crippen LogP contribution in [0, 0.1) is 5.82 Å². The fourth-order valence-corrected chi connectivity index (χ4v) is 3.45. The van der Waals surface area contributed by atoms with Crippen molar-refractivity contribution >= 4 is 22.4 Å². The van der Waals surface area contributed by atoms with Crippen LogP contribution in [0.4, 0.5) is 4.39 Å². The number of nitrogens with two attached hydrogens (primary N) is 1. The lowest BCUT2D eigenvalue weighted by Gasteiger charge is -2.16. The lowest BCUT2D eigenvalue weighted by molar-refractivity contribution is 0.384. The minimum absolute atomic E-state index is 0. The Morgan fingerprint density at radius 1 is 1.47 bits per heavy atom. The molecular formula is C11H16ClFN2O3S. The van der Waals surface area contributed by atoms with Crippen molar-refractivity contribution < 1.29 is 17.5 Å². The average molecular weight is 311 g/mol. The number of hydrogen-bond acceptors (Lipinski definition) is 4. The second kappa shape index (κ2) is 6.04. The van der Waals surface area contributed by atoms with E-state index < -0.39 is 15.8 Å². The maximum atomic E-state index is 13.2. The Balaban J connectivity index is 0.00000180. The fraction of sp³-hybridized carbons (Fsp3) is 0.455. The van der Waals surface area contributed by atoms with Crippen LogP contribution in [0.3, 0.4) is 0 Å². The molecule has 0 radical (unpaired) electrons. The summed E-state index contributed by atoms with van der Waals surface area (Å²) >= 11 is 0. The molecule has 2 N–H and O–H groups in total. The Bertz CT molecular complexity index is 553. The first kappa shape index (κ1) is 16.2. The molecule has 0 aliphatic carbocycles. The lowest BCUT2D eigenvalue weighted by Crippen LogP contribution is -2.32. The molecule has 1 aromatic carbocycles. The first-order valence-electron chi connectivity index (χ1n) is 5.54. The van der Waals surface area contributed by atoms with Crippen LogP contribution in [0.2, 0.25) is 0 Å². The molecule has 1 aliphatic rings. The van der Waals surface area contributed by atoms with Crippen molar-refractivity contribution in [3.63, 3.8) is 0 Å². The van der Waals surface area contributed by atoms with Gasteiger partial charge in [-0.25, -0.2) is 12.8 Å². The first-order valence-corrected chi connectivity index (χ1v) is 6.98. The van der Waals surface area contributed by atoms with Crippen LogP contribution in [0.1, 0.15) is 6.42 Å². The summed E-state index contributed by atoms with van der Waals surface area (Å²) in [6.45, 7) is 0.686. The molecule has 1 heterocycles. The Morgan fingerprint density at radius 2 is 2.16 bits per heavy atom. The van der Waals surface area contributed by atoms with Gasteiger partial charge in [-0.3, -0.25) is 0 Å². The number of benzene rings is 1. The van der Waals surface area contributed by atoms with E-state index in [1.807, 2.05) is 0 Å². The molecule has 1 saturated heterocycles. The van der Waals surface area contributed by atoms with Crippen molar-refractivity contribution in [3.8, 4) is 5.75 Å². The van der Waals surface area contributed by atoms with Crippen LogP contribution in [-0.4, -0.2) is 39.0 Å². The van der Waals surface area contributed by atoms with Gasteiger partial charge in [-0.05, 0) is 18.6 Å². The Kier molecular flexibility index (Phi) is 5.14. The highest BCUT2D eigenvalue weighted by atomic mass is 35.5. The molecule has 1 aliphatic heterocycles. The van der Waals surface area contributed by atoms with Crippen LogP contribution in [0.5, 0.6) is 5.75 Å². The van der Waals surface area contributed by atoms with Crippen LogP contribution < -0.4 is 10.5 Å². The third-order valence-electron chi connectivity index (χ3n) is 2.95. The fourth-order valence-electron chi connectivity index (χ4n) is 1.92. The highest BCUT2D eigenvalue weighted by Gasteiger charge is 2.31. The summed E-state index contributed by atoms with van der Waals surface area (Å²) in [5.41, 5.74) is 5.69. The van der Waals surface area contributed by atoms with Gasteiger partial charge in [-0.15, -0.1) is 12.4 Å². The second-order valence-electron chi connectivity index (χ2n) is 4.21. The minimum Gasteiger partial charge on any atom is -0.494 e. The van der Waals surface area contributed by atoms with Gasteiger partial charge in [0.25, 0.3) is 0 Å². The highest BCUT2D eigenvalue weighted by Crippen LogP contribution is 2.25. The van der Waals surface area contributed by atoms with E-state index in [2.05, 4.69) is 0 Å².